The Labute approximate surface area is 116 Å². The lowest BCUT2D eigenvalue weighted by Crippen LogP contribution is -2.44. The monoisotopic (exact) mass is 285 g/mol. The first kappa shape index (κ1) is 14.4. The van der Waals surface area contributed by atoms with Crippen LogP contribution in [0.25, 0.3) is 0 Å². The normalized spacial score (nSPS) is 17.5. The van der Waals surface area contributed by atoms with Gasteiger partial charge in [-0.25, -0.2) is 4.98 Å². The average molecular weight is 285 g/mol. The van der Waals surface area contributed by atoms with Crippen LogP contribution in [0.4, 0.5) is 0 Å². The second kappa shape index (κ2) is 6.40. The molecule has 1 aromatic heterocycles. The van der Waals surface area contributed by atoms with E-state index in [9.17, 15) is 4.79 Å². The zero-order valence-corrected chi connectivity index (χ0v) is 12.0. The summed E-state index contributed by atoms with van der Waals surface area (Å²) in [6.45, 7) is 4.38. The largest absolute Gasteiger partial charge is 0.390 e. The maximum atomic E-state index is 12.3. The standard InChI is InChI=1S/C12H19N3O3S/c1-9(11(17)15-3-5-18-6-4-15)19-12-13-7-10(8-16)14(12)2/h7,9,16H,3-6,8H2,1-2H3. The molecule has 0 aliphatic carbocycles. The number of aromatic nitrogens is 2. The molecular formula is C12H19N3O3S. The van der Waals surface area contributed by atoms with Gasteiger partial charge >= 0.3 is 0 Å². The Morgan fingerprint density at radius 1 is 1.58 bits per heavy atom. The van der Waals surface area contributed by atoms with Gasteiger partial charge in [-0.1, -0.05) is 11.8 Å². The molecule has 1 amide bonds. The Balaban J connectivity index is 1.97. The van der Waals surface area contributed by atoms with Crippen LogP contribution < -0.4 is 0 Å². The molecule has 19 heavy (non-hydrogen) atoms. The molecule has 1 unspecified atom stereocenters. The SMILES string of the molecule is CC(Sc1ncc(CO)n1C)C(=O)N1CCOCC1. The first-order valence-electron chi connectivity index (χ1n) is 6.28. The first-order valence-corrected chi connectivity index (χ1v) is 7.16. The Bertz CT molecular complexity index is 443. The molecule has 0 aromatic carbocycles. The Kier molecular flexibility index (Phi) is 4.84. The van der Waals surface area contributed by atoms with Gasteiger partial charge in [0.25, 0.3) is 0 Å². The van der Waals surface area contributed by atoms with E-state index in [1.807, 2.05) is 23.4 Å². The van der Waals surface area contributed by atoms with Gasteiger partial charge in [-0.05, 0) is 6.92 Å². The maximum absolute atomic E-state index is 12.3. The number of nitrogens with zero attached hydrogens (tertiary/aromatic N) is 3. The molecule has 1 atom stereocenters. The molecule has 1 N–H and O–H groups in total. The fraction of sp³-hybridized carbons (Fsp3) is 0.667. The number of imidazole rings is 1. The molecule has 1 saturated heterocycles. The smallest absolute Gasteiger partial charge is 0.236 e. The predicted octanol–water partition coefficient (Wildman–Crippen LogP) is 0.252. The van der Waals surface area contributed by atoms with E-state index in [-0.39, 0.29) is 17.8 Å². The third-order valence-electron chi connectivity index (χ3n) is 3.16. The minimum Gasteiger partial charge on any atom is -0.390 e. The van der Waals surface area contributed by atoms with Crippen molar-refractivity contribution in [1.82, 2.24) is 14.5 Å². The van der Waals surface area contributed by atoms with Gasteiger partial charge in [-0.3, -0.25) is 4.79 Å². The van der Waals surface area contributed by atoms with E-state index in [1.165, 1.54) is 11.8 Å². The highest BCUT2D eigenvalue weighted by Gasteiger charge is 2.24. The molecule has 1 aromatic rings. The fourth-order valence-electron chi connectivity index (χ4n) is 1.93. The summed E-state index contributed by atoms with van der Waals surface area (Å²) in [6, 6.07) is 0. The van der Waals surface area contributed by atoms with Crippen molar-refractivity contribution in [1.29, 1.82) is 0 Å². The van der Waals surface area contributed by atoms with Crippen LogP contribution >= 0.6 is 11.8 Å². The fourth-order valence-corrected chi connectivity index (χ4v) is 2.89. The number of hydrogen-bond acceptors (Lipinski definition) is 5. The lowest BCUT2D eigenvalue weighted by molar-refractivity contribution is -0.134. The van der Waals surface area contributed by atoms with Crippen LogP contribution in [-0.4, -0.2) is 57.0 Å². The molecule has 1 aliphatic rings. The van der Waals surface area contributed by atoms with E-state index in [0.29, 0.717) is 26.3 Å². The summed E-state index contributed by atoms with van der Waals surface area (Å²) in [5, 5.41) is 9.68. The van der Waals surface area contributed by atoms with Gasteiger partial charge in [0.1, 0.15) is 0 Å². The van der Waals surface area contributed by atoms with E-state index in [1.54, 1.807) is 6.20 Å². The number of amides is 1. The topological polar surface area (TPSA) is 67.6 Å². The summed E-state index contributed by atoms with van der Waals surface area (Å²) in [5.41, 5.74) is 0.744. The van der Waals surface area contributed by atoms with E-state index in [4.69, 9.17) is 9.84 Å². The third-order valence-corrected chi connectivity index (χ3v) is 4.30. The number of carbonyl (C=O) groups excluding carboxylic acids is 1. The minimum absolute atomic E-state index is 0.0458. The highest BCUT2D eigenvalue weighted by molar-refractivity contribution is 8.00. The van der Waals surface area contributed by atoms with Crippen LogP contribution in [0.15, 0.2) is 11.4 Å². The van der Waals surface area contributed by atoms with Gasteiger partial charge in [-0.2, -0.15) is 0 Å². The number of aliphatic hydroxyl groups is 1. The molecule has 7 heteroatoms. The molecule has 1 fully saturated rings. The Morgan fingerprint density at radius 2 is 2.26 bits per heavy atom. The third kappa shape index (κ3) is 3.29. The van der Waals surface area contributed by atoms with Crippen LogP contribution in [0.5, 0.6) is 0 Å². The summed E-state index contributed by atoms with van der Waals surface area (Å²) < 4.78 is 7.05. The van der Waals surface area contributed by atoms with Crippen LogP contribution in [0.3, 0.4) is 0 Å². The van der Waals surface area contributed by atoms with Crippen molar-refractivity contribution in [2.45, 2.75) is 23.9 Å². The molecule has 0 radical (unpaired) electrons. The number of aliphatic hydroxyl groups excluding tert-OH is 1. The molecule has 1 aliphatic heterocycles. The second-order valence-electron chi connectivity index (χ2n) is 4.45. The number of hydrogen-bond donors (Lipinski definition) is 1. The van der Waals surface area contributed by atoms with E-state index in [0.717, 1.165) is 10.9 Å². The Morgan fingerprint density at radius 3 is 2.84 bits per heavy atom. The first-order chi connectivity index (χ1) is 9.13. The van der Waals surface area contributed by atoms with Crippen molar-refractivity contribution in [3.8, 4) is 0 Å². The van der Waals surface area contributed by atoms with E-state index < -0.39 is 0 Å². The number of rotatable bonds is 4. The second-order valence-corrected chi connectivity index (χ2v) is 5.75. The van der Waals surface area contributed by atoms with Gasteiger partial charge in [0.2, 0.25) is 5.91 Å². The molecule has 2 heterocycles. The summed E-state index contributed by atoms with van der Waals surface area (Å²) in [7, 11) is 1.84. The number of morpholine rings is 1. The summed E-state index contributed by atoms with van der Waals surface area (Å²) >= 11 is 1.42. The highest BCUT2D eigenvalue weighted by Crippen LogP contribution is 2.24. The summed E-state index contributed by atoms with van der Waals surface area (Å²) in [4.78, 5) is 18.3. The zero-order valence-electron chi connectivity index (χ0n) is 11.2. The number of ether oxygens (including phenoxy) is 1. The number of carbonyl (C=O) groups is 1. The summed E-state index contributed by atoms with van der Waals surface area (Å²) in [5.74, 6) is 0.113. The molecular weight excluding hydrogens is 266 g/mol. The molecule has 106 valence electrons. The van der Waals surface area contributed by atoms with Gasteiger partial charge < -0.3 is 19.3 Å². The molecule has 0 spiro atoms. The van der Waals surface area contributed by atoms with E-state index >= 15 is 0 Å². The Hall–Kier alpha value is -1.05. The van der Waals surface area contributed by atoms with Crippen LogP contribution in [-0.2, 0) is 23.2 Å². The maximum Gasteiger partial charge on any atom is 0.236 e. The van der Waals surface area contributed by atoms with Crippen molar-refractivity contribution >= 4 is 17.7 Å². The molecule has 2 rings (SSSR count). The van der Waals surface area contributed by atoms with Gasteiger partial charge in [0.05, 0.1) is 37.0 Å². The van der Waals surface area contributed by atoms with Crippen molar-refractivity contribution in [2.75, 3.05) is 26.3 Å². The van der Waals surface area contributed by atoms with Crippen LogP contribution in [0.2, 0.25) is 0 Å². The quantitative estimate of drug-likeness (QED) is 0.803. The van der Waals surface area contributed by atoms with E-state index in [2.05, 4.69) is 4.98 Å². The lowest BCUT2D eigenvalue weighted by Gasteiger charge is -2.28. The van der Waals surface area contributed by atoms with Crippen molar-refractivity contribution in [3.05, 3.63) is 11.9 Å². The molecule has 0 bridgehead atoms. The summed E-state index contributed by atoms with van der Waals surface area (Å²) in [6.07, 6.45) is 1.63. The van der Waals surface area contributed by atoms with Crippen molar-refractivity contribution < 1.29 is 14.6 Å². The number of thioether (sulfide) groups is 1. The lowest BCUT2D eigenvalue weighted by atomic mass is 10.3. The predicted molar refractivity (Wildman–Crippen MR) is 71.8 cm³/mol. The van der Waals surface area contributed by atoms with Gasteiger partial charge in [-0.15, -0.1) is 0 Å². The molecule has 6 nitrogen and oxygen atoms in total. The van der Waals surface area contributed by atoms with Crippen LogP contribution in [0, 0.1) is 0 Å². The van der Waals surface area contributed by atoms with Crippen molar-refractivity contribution in [3.63, 3.8) is 0 Å². The molecule has 0 saturated carbocycles. The minimum atomic E-state index is -0.189. The average Bonchev–Trinajstić information content (AvgIpc) is 2.79. The van der Waals surface area contributed by atoms with Gasteiger partial charge in [0, 0.05) is 20.1 Å². The van der Waals surface area contributed by atoms with Gasteiger partial charge in [0.15, 0.2) is 5.16 Å². The highest BCUT2D eigenvalue weighted by atomic mass is 32.2. The van der Waals surface area contributed by atoms with Crippen molar-refractivity contribution in [2.24, 2.45) is 7.05 Å². The van der Waals surface area contributed by atoms with Crippen LogP contribution in [0.1, 0.15) is 12.6 Å². The zero-order chi connectivity index (χ0) is 13.8.